The van der Waals surface area contributed by atoms with Gasteiger partial charge in [0.1, 0.15) is 0 Å². The number of anilines is 1. The molecule has 0 atom stereocenters. The lowest BCUT2D eigenvalue weighted by molar-refractivity contribution is -0.129. The topological polar surface area (TPSA) is 40.6 Å². The molecule has 4 heteroatoms. The molecule has 0 radical (unpaired) electrons. The van der Waals surface area contributed by atoms with Crippen LogP contribution in [0.5, 0.6) is 0 Å². The number of hydrogen-bond acceptors (Lipinski definition) is 2. The highest BCUT2D eigenvalue weighted by atomic mass is 16.2. The van der Waals surface area contributed by atoms with Gasteiger partial charge in [-0.15, -0.1) is 0 Å². The van der Waals surface area contributed by atoms with Crippen molar-refractivity contribution >= 4 is 28.3 Å². The maximum atomic E-state index is 12.7. The van der Waals surface area contributed by atoms with Crippen LogP contribution in [0, 0.1) is 0 Å². The molecule has 3 aromatic carbocycles. The first-order valence-corrected chi connectivity index (χ1v) is 9.72. The van der Waals surface area contributed by atoms with Crippen molar-refractivity contribution in [2.45, 2.75) is 25.8 Å². The number of carbonyl (C=O) groups excluding carboxylic acids is 2. The summed E-state index contributed by atoms with van der Waals surface area (Å²) in [6.07, 6.45) is 1.90. The van der Waals surface area contributed by atoms with E-state index in [1.807, 2.05) is 54.4 Å². The van der Waals surface area contributed by atoms with Gasteiger partial charge in [-0.1, -0.05) is 54.6 Å². The number of likely N-dealkylation sites (N-methyl/N-ethyl adjacent to an activating group) is 1. The van der Waals surface area contributed by atoms with Gasteiger partial charge in [-0.2, -0.15) is 0 Å². The molecule has 3 aromatic rings. The van der Waals surface area contributed by atoms with Crippen LogP contribution in [0.15, 0.2) is 66.7 Å². The average Bonchev–Trinajstić information content (AvgIpc) is 3.14. The third-order valence-corrected chi connectivity index (χ3v) is 5.39. The number of amides is 2. The van der Waals surface area contributed by atoms with Gasteiger partial charge >= 0.3 is 0 Å². The lowest BCUT2D eigenvalue weighted by Crippen LogP contribution is -2.28. The highest BCUT2D eigenvalue weighted by Gasteiger charge is 2.21. The molecule has 0 N–H and O–H groups in total. The minimum atomic E-state index is 0.0814. The van der Waals surface area contributed by atoms with E-state index >= 15 is 0 Å². The third-order valence-electron chi connectivity index (χ3n) is 5.39. The van der Waals surface area contributed by atoms with E-state index in [0.29, 0.717) is 19.4 Å². The van der Waals surface area contributed by atoms with Crippen LogP contribution in [0.4, 0.5) is 5.69 Å². The zero-order chi connectivity index (χ0) is 19.5. The van der Waals surface area contributed by atoms with E-state index in [1.165, 1.54) is 10.8 Å². The normalized spacial score (nSPS) is 13.9. The summed E-state index contributed by atoms with van der Waals surface area (Å²) in [7, 11) is 1.85. The monoisotopic (exact) mass is 372 g/mol. The van der Waals surface area contributed by atoms with Crippen LogP contribution >= 0.6 is 0 Å². The first-order valence-electron chi connectivity index (χ1n) is 9.72. The lowest BCUT2D eigenvalue weighted by atomic mass is 10.0. The fourth-order valence-electron chi connectivity index (χ4n) is 3.80. The highest BCUT2D eigenvalue weighted by Crippen LogP contribution is 2.22. The maximum Gasteiger partial charge on any atom is 0.227 e. The number of fused-ring (bicyclic) bond motifs is 1. The summed E-state index contributed by atoms with van der Waals surface area (Å²) in [5.74, 6) is 0.261. The third kappa shape index (κ3) is 3.77. The van der Waals surface area contributed by atoms with Crippen molar-refractivity contribution < 1.29 is 9.59 Å². The van der Waals surface area contributed by atoms with Crippen LogP contribution in [0.25, 0.3) is 10.8 Å². The van der Waals surface area contributed by atoms with E-state index in [4.69, 9.17) is 0 Å². The predicted octanol–water partition coefficient (Wildman–Crippen LogP) is 4.17. The number of benzene rings is 3. The van der Waals surface area contributed by atoms with Gasteiger partial charge in [0.05, 0.1) is 6.42 Å². The number of hydrogen-bond donors (Lipinski definition) is 0. The summed E-state index contributed by atoms with van der Waals surface area (Å²) < 4.78 is 0. The fourth-order valence-corrected chi connectivity index (χ4v) is 3.80. The van der Waals surface area contributed by atoms with E-state index in [-0.39, 0.29) is 11.8 Å². The molecule has 0 saturated carbocycles. The Morgan fingerprint density at radius 2 is 1.75 bits per heavy atom. The Balaban J connectivity index is 1.42. The van der Waals surface area contributed by atoms with Gasteiger partial charge < -0.3 is 9.80 Å². The second kappa shape index (κ2) is 7.85. The Hall–Kier alpha value is -3.14. The Labute approximate surface area is 165 Å². The van der Waals surface area contributed by atoms with E-state index in [9.17, 15) is 9.59 Å². The van der Waals surface area contributed by atoms with Crippen LogP contribution < -0.4 is 4.90 Å². The molecule has 1 aliphatic heterocycles. The van der Waals surface area contributed by atoms with Crippen molar-refractivity contribution in [3.63, 3.8) is 0 Å². The molecule has 0 aromatic heterocycles. The Morgan fingerprint density at radius 3 is 2.50 bits per heavy atom. The van der Waals surface area contributed by atoms with Crippen molar-refractivity contribution in [1.29, 1.82) is 0 Å². The maximum absolute atomic E-state index is 12.7. The highest BCUT2D eigenvalue weighted by molar-refractivity contribution is 5.95. The van der Waals surface area contributed by atoms with Gasteiger partial charge in [0.15, 0.2) is 0 Å². The first-order chi connectivity index (χ1) is 13.6. The average molecular weight is 372 g/mol. The molecule has 2 amide bonds. The zero-order valence-electron chi connectivity index (χ0n) is 16.1. The molecule has 4 rings (SSSR count). The summed E-state index contributed by atoms with van der Waals surface area (Å²) >= 11 is 0. The minimum absolute atomic E-state index is 0.0814. The molecule has 142 valence electrons. The molecule has 1 heterocycles. The van der Waals surface area contributed by atoms with Crippen molar-refractivity contribution in [2.24, 2.45) is 0 Å². The Kier molecular flexibility index (Phi) is 5.11. The molecule has 0 aliphatic carbocycles. The largest absolute Gasteiger partial charge is 0.341 e. The SMILES string of the molecule is CN(Cc1cccc2ccccc12)C(=O)Cc1ccc(N2CCCC2=O)cc1. The molecule has 4 nitrogen and oxygen atoms in total. The van der Waals surface area contributed by atoms with Crippen LogP contribution in [-0.2, 0) is 22.6 Å². The van der Waals surface area contributed by atoms with E-state index in [2.05, 4.69) is 24.3 Å². The number of nitrogens with zero attached hydrogens (tertiary/aromatic N) is 2. The van der Waals surface area contributed by atoms with Gasteiger partial charge in [-0.3, -0.25) is 9.59 Å². The fraction of sp³-hybridized carbons (Fsp3) is 0.250. The molecular formula is C24H24N2O2. The van der Waals surface area contributed by atoms with E-state index in [1.54, 1.807) is 4.90 Å². The molecule has 1 saturated heterocycles. The Bertz CT molecular complexity index is 1010. The van der Waals surface area contributed by atoms with Gasteiger partial charge in [0.2, 0.25) is 11.8 Å². The van der Waals surface area contributed by atoms with Gasteiger partial charge in [0, 0.05) is 32.2 Å². The number of carbonyl (C=O) groups is 2. The summed E-state index contributed by atoms with van der Waals surface area (Å²) in [6, 6.07) is 22.2. The molecule has 0 unspecified atom stereocenters. The summed E-state index contributed by atoms with van der Waals surface area (Å²) in [5, 5.41) is 2.37. The molecule has 0 bridgehead atoms. The van der Waals surface area contributed by atoms with Gasteiger partial charge in [-0.25, -0.2) is 0 Å². The first kappa shape index (κ1) is 18.2. The molecule has 0 spiro atoms. The van der Waals surface area contributed by atoms with Crippen LogP contribution in [0.2, 0.25) is 0 Å². The minimum Gasteiger partial charge on any atom is -0.341 e. The van der Waals surface area contributed by atoms with Crippen LogP contribution in [0.3, 0.4) is 0 Å². The summed E-state index contributed by atoms with van der Waals surface area (Å²) in [6.45, 7) is 1.37. The van der Waals surface area contributed by atoms with Crippen LogP contribution in [-0.4, -0.2) is 30.3 Å². The smallest absolute Gasteiger partial charge is 0.227 e. The standard InChI is InChI=1S/C24H24N2O2/c1-25(17-20-8-4-7-19-6-2-3-9-22(19)20)24(28)16-18-11-13-21(14-12-18)26-15-5-10-23(26)27/h2-4,6-9,11-14H,5,10,15-17H2,1H3. The van der Waals surface area contributed by atoms with Crippen molar-refractivity contribution in [3.8, 4) is 0 Å². The van der Waals surface area contributed by atoms with E-state index in [0.717, 1.165) is 29.8 Å². The summed E-state index contributed by atoms with van der Waals surface area (Å²) in [4.78, 5) is 28.2. The summed E-state index contributed by atoms with van der Waals surface area (Å²) in [5.41, 5.74) is 3.03. The van der Waals surface area contributed by atoms with Crippen molar-refractivity contribution in [1.82, 2.24) is 4.90 Å². The quantitative estimate of drug-likeness (QED) is 0.674. The second-order valence-corrected chi connectivity index (χ2v) is 7.38. The molecular weight excluding hydrogens is 348 g/mol. The molecule has 1 aliphatic rings. The Morgan fingerprint density at radius 1 is 1.00 bits per heavy atom. The van der Waals surface area contributed by atoms with Gasteiger partial charge in [0.25, 0.3) is 0 Å². The van der Waals surface area contributed by atoms with Crippen LogP contribution in [0.1, 0.15) is 24.0 Å². The van der Waals surface area contributed by atoms with Crippen molar-refractivity contribution in [3.05, 3.63) is 77.9 Å². The lowest BCUT2D eigenvalue weighted by Gasteiger charge is -2.19. The second-order valence-electron chi connectivity index (χ2n) is 7.38. The van der Waals surface area contributed by atoms with E-state index < -0.39 is 0 Å². The molecule has 1 fully saturated rings. The van der Waals surface area contributed by atoms with Crippen molar-refractivity contribution in [2.75, 3.05) is 18.5 Å². The van der Waals surface area contributed by atoms with Gasteiger partial charge in [-0.05, 0) is 40.5 Å². The zero-order valence-corrected chi connectivity index (χ0v) is 16.1. The molecule has 28 heavy (non-hydrogen) atoms. The predicted molar refractivity (Wildman–Crippen MR) is 112 cm³/mol. The number of rotatable bonds is 5.